The summed E-state index contributed by atoms with van der Waals surface area (Å²) in [5, 5.41) is 5.04. The van der Waals surface area contributed by atoms with Crippen LogP contribution in [0.2, 0.25) is 0 Å². The van der Waals surface area contributed by atoms with E-state index < -0.39 is 12.1 Å². The lowest BCUT2D eigenvalue weighted by molar-refractivity contribution is -0.121. The quantitative estimate of drug-likeness (QED) is 0.741. The first-order valence-electron chi connectivity index (χ1n) is 7.65. The highest BCUT2D eigenvalue weighted by molar-refractivity contribution is 5.98. The second-order valence-electron chi connectivity index (χ2n) is 5.94. The van der Waals surface area contributed by atoms with Crippen molar-refractivity contribution in [3.05, 3.63) is 23.8 Å². The lowest BCUT2D eigenvalue weighted by Crippen LogP contribution is -2.51. The molecule has 4 N–H and O–H groups in total. The van der Waals surface area contributed by atoms with E-state index in [1.807, 2.05) is 36.9 Å². The van der Waals surface area contributed by atoms with Crippen molar-refractivity contribution in [3.8, 4) is 0 Å². The summed E-state index contributed by atoms with van der Waals surface area (Å²) in [7, 11) is 0. The number of amides is 3. The molecule has 1 unspecified atom stereocenters. The van der Waals surface area contributed by atoms with Crippen molar-refractivity contribution in [2.45, 2.75) is 45.7 Å². The molecular weight excluding hydrogens is 280 g/mol. The number of imide groups is 1. The third-order valence-corrected chi connectivity index (χ3v) is 3.83. The second kappa shape index (κ2) is 6.68. The molecule has 1 aromatic carbocycles. The van der Waals surface area contributed by atoms with Crippen molar-refractivity contribution in [1.82, 2.24) is 10.6 Å². The van der Waals surface area contributed by atoms with Gasteiger partial charge in [-0.2, -0.15) is 0 Å². The van der Waals surface area contributed by atoms with Crippen molar-refractivity contribution in [2.75, 3.05) is 17.2 Å². The molecule has 120 valence electrons. The number of carbonyl (C=O) groups excluding carboxylic acids is 2. The largest absolute Gasteiger partial charge is 0.398 e. The molecule has 2 rings (SSSR count). The summed E-state index contributed by atoms with van der Waals surface area (Å²) < 4.78 is 0. The van der Waals surface area contributed by atoms with E-state index in [0.29, 0.717) is 0 Å². The minimum atomic E-state index is -0.461. The molecule has 1 aromatic rings. The van der Waals surface area contributed by atoms with Gasteiger partial charge in [-0.05, 0) is 51.3 Å². The number of anilines is 2. The summed E-state index contributed by atoms with van der Waals surface area (Å²) in [5.41, 5.74) is 8.85. The number of benzene rings is 1. The van der Waals surface area contributed by atoms with Crippen LogP contribution in [-0.4, -0.2) is 30.6 Å². The van der Waals surface area contributed by atoms with Crippen LogP contribution < -0.4 is 21.3 Å². The van der Waals surface area contributed by atoms with Crippen LogP contribution in [0.5, 0.6) is 0 Å². The Bertz CT molecular complexity index is 571. The third-order valence-electron chi connectivity index (χ3n) is 3.83. The number of rotatable bonds is 3. The lowest BCUT2D eigenvalue weighted by atomic mass is 9.98. The second-order valence-corrected chi connectivity index (χ2v) is 5.94. The van der Waals surface area contributed by atoms with E-state index in [1.54, 1.807) is 6.92 Å². The minimum Gasteiger partial charge on any atom is -0.398 e. The first kappa shape index (κ1) is 16.1. The van der Waals surface area contributed by atoms with E-state index in [1.165, 1.54) is 0 Å². The first-order chi connectivity index (χ1) is 10.4. The molecular formula is C16H24N4O2. The van der Waals surface area contributed by atoms with E-state index in [9.17, 15) is 9.59 Å². The zero-order valence-electron chi connectivity index (χ0n) is 13.3. The van der Waals surface area contributed by atoms with Gasteiger partial charge in [0, 0.05) is 24.0 Å². The Morgan fingerprint density at radius 1 is 1.27 bits per heavy atom. The van der Waals surface area contributed by atoms with Gasteiger partial charge >= 0.3 is 6.03 Å². The van der Waals surface area contributed by atoms with E-state index in [4.69, 9.17) is 5.73 Å². The van der Waals surface area contributed by atoms with Crippen LogP contribution >= 0.6 is 0 Å². The average molecular weight is 304 g/mol. The molecule has 0 radical (unpaired) electrons. The Labute approximate surface area is 131 Å². The molecule has 1 atom stereocenters. The van der Waals surface area contributed by atoms with Gasteiger partial charge in [0.05, 0.1) is 0 Å². The maximum Gasteiger partial charge on any atom is 0.321 e. The number of hydrogen-bond acceptors (Lipinski definition) is 4. The van der Waals surface area contributed by atoms with Gasteiger partial charge in [-0.25, -0.2) is 4.79 Å². The Kier molecular flexibility index (Phi) is 4.90. The molecule has 6 heteroatoms. The van der Waals surface area contributed by atoms with Gasteiger partial charge < -0.3 is 16.0 Å². The van der Waals surface area contributed by atoms with Crippen molar-refractivity contribution < 1.29 is 9.59 Å². The molecule has 1 aliphatic rings. The van der Waals surface area contributed by atoms with Crippen LogP contribution in [0.3, 0.4) is 0 Å². The average Bonchev–Trinajstić information content (AvgIpc) is 2.45. The van der Waals surface area contributed by atoms with Crippen molar-refractivity contribution in [3.63, 3.8) is 0 Å². The Morgan fingerprint density at radius 3 is 2.68 bits per heavy atom. The van der Waals surface area contributed by atoms with Gasteiger partial charge in [0.15, 0.2) is 0 Å². The molecule has 0 aliphatic carbocycles. The Balaban J connectivity index is 2.11. The van der Waals surface area contributed by atoms with E-state index in [-0.39, 0.29) is 11.9 Å². The van der Waals surface area contributed by atoms with Gasteiger partial charge in [-0.3, -0.25) is 10.1 Å². The first-order valence-corrected chi connectivity index (χ1v) is 7.65. The molecule has 0 fully saturated rings. The van der Waals surface area contributed by atoms with Crippen molar-refractivity contribution >= 4 is 23.3 Å². The lowest BCUT2D eigenvalue weighted by Gasteiger charge is -2.35. The number of fused-ring (bicyclic) bond motifs is 1. The maximum atomic E-state index is 12.3. The van der Waals surface area contributed by atoms with E-state index >= 15 is 0 Å². The third kappa shape index (κ3) is 3.50. The van der Waals surface area contributed by atoms with Crippen molar-refractivity contribution in [1.29, 1.82) is 0 Å². The topological polar surface area (TPSA) is 87.5 Å². The Morgan fingerprint density at radius 2 is 2.00 bits per heavy atom. The van der Waals surface area contributed by atoms with Gasteiger partial charge in [0.25, 0.3) is 0 Å². The predicted molar refractivity (Wildman–Crippen MR) is 87.8 cm³/mol. The smallest absolute Gasteiger partial charge is 0.321 e. The predicted octanol–water partition coefficient (Wildman–Crippen LogP) is 1.64. The van der Waals surface area contributed by atoms with Gasteiger partial charge in [-0.15, -0.1) is 0 Å². The minimum absolute atomic E-state index is 0.0152. The van der Waals surface area contributed by atoms with Gasteiger partial charge in [0.2, 0.25) is 5.91 Å². The van der Waals surface area contributed by atoms with Crippen molar-refractivity contribution in [2.24, 2.45) is 0 Å². The molecule has 0 aromatic heterocycles. The normalized spacial score (nSPS) is 15.2. The van der Waals surface area contributed by atoms with E-state index in [0.717, 1.165) is 36.3 Å². The summed E-state index contributed by atoms with van der Waals surface area (Å²) in [6.07, 6.45) is 1.86. The summed E-state index contributed by atoms with van der Waals surface area (Å²) >= 11 is 0. The number of nitrogens with zero attached hydrogens (tertiary/aromatic N) is 1. The highest BCUT2D eigenvalue weighted by Crippen LogP contribution is 2.32. The highest BCUT2D eigenvalue weighted by Gasteiger charge is 2.27. The number of nitrogens with one attached hydrogen (secondary N) is 2. The summed E-state index contributed by atoms with van der Waals surface area (Å²) in [6, 6.07) is 4.84. The molecule has 1 heterocycles. The molecule has 0 saturated heterocycles. The molecule has 3 amide bonds. The fourth-order valence-electron chi connectivity index (χ4n) is 2.74. The summed E-state index contributed by atoms with van der Waals surface area (Å²) in [5.74, 6) is -0.312. The van der Waals surface area contributed by atoms with Crippen LogP contribution in [0.25, 0.3) is 0 Å². The van der Waals surface area contributed by atoms with Crippen LogP contribution in [0.15, 0.2) is 18.2 Å². The zero-order valence-corrected chi connectivity index (χ0v) is 13.3. The molecule has 1 aliphatic heterocycles. The number of hydrogen-bond donors (Lipinski definition) is 3. The van der Waals surface area contributed by atoms with Crippen LogP contribution in [-0.2, 0) is 11.2 Å². The zero-order chi connectivity index (χ0) is 16.3. The number of carbonyl (C=O) groups is 2. The maximum absolute atomic E-state index is 12.3. The molecule has 22 heavy (non-hydrogen) atoms. The van der Waals surface area contributed by atoms with Crippen LogP contribution in [0.4, 0.5) is 16.2 Å². The Hall–Kier alpha value is -2.24. The van der Waals surface area contributed by atoms with Crippen LogP contribution in [0.1, 0.15) is 32.8 Å². The molecule has 0 saturated carbocycles. The number of nitrogen functional groups attached to an aromatic ring is 1. The molecule has 0 spiro atoms. The summed E-state index contributed by atoms with van der Waals surface area (Å²) in [4.78, 5) is 26.0. The van der Waals surface area contributed by atoms with E-state index in [2.05, 4.69) is 10.6 Å². The standard InChI is InChI=1S/C16H24N4O2/c1-10(2)18-16(22)19-15(21)11(3)20-9-5-6-12-13(17)7-4-8-14(12)20/h4,7-8,10-11H,5-6,9,17H2,1-3H3,(H2,18,19,21,22). The van der Waals surface area contributed by atoms with Gasteiger partial charge in [0.1, 0.15) is 6.04 Å². The fraction of sp³-hybridized carbons (Fsp3) is 0.500. The molecule has 0 bridgehead atoms. The fourth-order valence-corrected chi connectivity index (χ4v) is 2.74. The van der Waals surface area contributed by atoms with Gasteiger partial charge in [-0.1, -0.05) is 6.07 Å². The molecule has 6 nitrogen and oxygen atoms in total. The number of urea groups is 1. The SMILES string of the molecule is CC(C)NC(=O)NC(=O)C(C)N1CCCc2c(N)cccc21. The number of nitrogens with two attached hydrogens (primary N) is 1. The van der Waals surface area contributed by atoms with Crippen LogP contribution in [0, 0.1) is 0 Å². The highest BCUT2D eigenvalue weighted by atomic mass is 16.2. The monoisotopic (exact) mass is 304 g/mol. The summed E-state index contributed by atoms with van der Waals surface area (Å²) in [6.45, 7) is 6.27.